The molecule has 0 bridgehead atoms. The van der Waals surface area contributed by atoms with Crippen molar-refractivity contribution in [1.82, 2.24) is 5.32 Å². The number of thioether (sulfide) groups is 1. The standard InChI is InChI=1S/C15H25NS/c1-3-4-7-10-16-11-12-17-13-15-9-6-5-8-14(15)2/h5-6,8-9,16H,3-4,7,10-13H2,1-2H3. The molecule has 0 heterocycles. The molecule has 0 atom stereocenters. The molecular weight excluding hydrogens is 226 g/mol. The fraction of sp³-hybridized carbons (Fsp3) is 0.600. The van der Waals surface area contributed by atoms with Crippen molar-refractivity contribution >= 4 is 11.8 Å². The summed E-state index contributed by atoms with van der Waals surface area (Å²) in [6.07, 6.45) is 3.98. The average molecular weight is 251 g/mol. The molecule has 0 aromatic heterocycles. The summed E-state index contributed by atoms with van der Waals surface area (Å²) in [4.78, 5) is 0. The maximum Gasteiger partial charge on any atom is 0.0187 e. The highest BCUT2D eigenvalue weighted by Crippen LogP contribution is 2.15. The van der Waals surface area contributed by atoms with Crippen molar-refractivity contribution in [1.29, 1.82) is 0 Å². The second-order valence-electron chi connectivity index (χ2n) is 4.44. The Morgan fingerprint density at radius 2 is 1.94 bits per heavy atom. The van der Waals surface area contributed by atoms with Crippen molar-refractivity contribution in [3.8, 4) is 0 Å². The van der Waals surface area contributed by atoms with Gasteiger partial charge in [-0.15, -0.1) is 0 Å². The van der Waals surface area contributed by atoms with Crippen molar-refractivity contribution in [3.63, 3.8) is 0 Å². The van der Waals surface area contributed by atoms with Gasteiger partial charge in [0.05, 0.1) is 0 Å². The molecule has 2 heteroatoms. The molecule has 1 aromatic rings. The quantitative estimate of drug-likeness (QED) is 0.666. The summed E-state index contributed by atoms with van der Waals surface area (Å²) in [6, 6.07) is 8.67. The average Bonchev–Trinajstić information content (AvgIpc) is 2.35. The van der Waals surface area contributed by atoms with Gasteiger partial charge in [-0.3, -0.25) is 0 Å². The van der Waals surface area contributed by atoms with Crippen molar-refractivity contribution in [2.75, 3.05) is 18.8 Å². The Balaban J connectivity index is 1.99. The summed E-state index contributed by atoms with van der Waals surface area (Å²) >= 11 is 2.02. The maximum absolute atomic E-state index is 3.50. The molecule has 0 aliphatic heterocycles. The second-order valence-corrected chi connectivity index (χ2v) is 5.54. The van der Waals surface area contributed by atoms with E-state index in [0.717, 1.165) is 12.3 Å². The van der Waals surface area contributed by atoms with Crippen LogP contribution in [0.4, 0.5) is 0 Å². The van der Waals surface area contributed by atoms with Crippen LogP contribution in [-0.4, -0.2) is 18.8 Å². The Morgan fingerprint density at radius 1 is 1.12 bits per heavy atom. The third-order valence-corrected chi connectivity index (χ3v) is 3.91. The van der Waals surface area contributed by atoms with Crippen molar-refractivity contribution in [3.05, 3.63) is 35.4 Å². The van der Waals surface area contributed by atoms with Gasteiger partial charge in [-0.05, 0) is 31.0 Å². The number of rotatable bonds is 9. The van der Waals surface area contributed by atoms with Crippen molar-refractivity contribution in [2.45, 2.75) is 38.9 Å². The highest BCUT2D eigenvalue weighted by Gasteiger charge is 1.96. The molecular formula is C15H25NS. The monoisotopic (exact) mass is 251 g/mol. The van der Waals surface area contributed by atoms with Crippen LogP contribution in [0.3, 0.4) is 0 Å². The van der Waals surface area contributed by atoms with Gasteiger partial charge in [0.2, 0.25) is 0 Å². The van der Waals surface area contributed by atoms with E-state index in [2.05, 4.69) is 43.4 Å². The second kappa shape index (κ2) is 9.55. The van der Waals surface area contributed by atoms with E-state index in [1.54, 1.807) is 0 Å². The Labute approximate surface area is 110 Å². The van der Waals surface area contributed by atoms with E-state index in [0.29, 0.717) is 0 Å². The van der Waals surface area contributed by atoms with E-state index in [-0.39, 0.29) is 0 Å². The lowest BCUT2D eigenvalue weighted by Crippen LogP contribution is -2.18. The molecule has 1 aromatic carbocycles. The van der Waals surface area contributed by atoms with Gasteiger partial charge in [0.1, 0.15) is 0 Å². The third-order valence-electron chi connectivity index (χ3n) is 2.90. The Bertz CT molecular complexity index is 299. The molecule has 1 rings (SSSR count). The van der Waals surface area contributed by atoms with Gasteiger partial charge in [0.15, 0.2) is 0 Å². The highest BCUT2D eigenvalue weighted by atomic mass is 32.2. The molecule has 0 aliphatic carbocycles. The zero-order chi connectivity index (χ0) is 12.3. The fourth-order valence-corrected chi connectivity index (χ4v) is 2.70. The van der Waals surface area contributed by atoms with Gasteiger partial charge in [-0.1, -0.05) is 44.0 Å². The van der Waals surface area contributed by atoms with Gasteiger partial charge in [0.25, 0.3) is 0 Å². The zero-order valence-corrected chi connectivity index (χ0v) is 12.0. The van der Waals surface area contributed by atoms with Crippen molar-refractivity contribution in [2.24, 2.45) is 0 Å². The van der Waals surface area contributed by atoms with Gasteiger partial charge in [-0.2, -0.15) is 11.8 Å². The van der Waals surface area contributed by atoms with Gasteiger partial charge >= 0.3 is 0 Å². The van der Waals surface area contributed by atoms with Crippen LogP contribution in [0.1, 0.15) is 37.3 Å². The normalized spacial score (nSPS) is 10.7. The van der Waals surface area contributed by atoms with Crippen LogP contribution < -0.4 is 5.32 Å². The first-order valence-electron chi connectivity index (χ1n) is 6.67. The van der Waals surface area contributed by atoms with E-state index in [1.807, 2.05) is 11.8 Å². The minimum atomic E-state index is 1.14. The number of nitrogens with one attached hydrogen (secondary N) is 1. The van der Waals surface area contributed by atoms with Gasteiger partial charge in [0, 0.05) is 18.1 Å². The van der Waals surface area contributed by atoms with Crippen LogP contribution in [0.25, 0.3) is 0 Å². The van der Waals surface area contributed by atoms with Gasteiger partial charge in [-0.25, -0.2) is 0 Å². The third kappa shape index (κ3) is 6.75. The lowest BCUT2D eigenvalue weighted by molar-refractivity contribution is 0.636. The molecule has 96 valence electrons. The largest absolute Gasteiger partial charge is 0.316 e. The minimum absolute atomic E-state index is 1.14. The van der Waals surface area contributed by atoms with E-state index in [4.69, 9.17) is 0 Å². The molecule has 0 spiro atoms. The first kappa shape index (κ1) is 14.6. The fourth-order valence-electron chi connectivity index (χ4n) is 1.72. The number of hydrogen-bond acceptors (Lipinski definition) is 2. The summed E-state index contributed by atoms with van der Waals surface area (Å²) in [5, 5.41) is 3.50. The summed E-state index contributed by atoms with van der Waals surface area (Å²) < 4.78 is 0. The summed E-state index contributed by atoms with van der Waals surface area (Å²) in [6.45, 7) is 6.76. The minimum Gasteiger partial charge on any atom is -0.316 e. The maximum atomic E-state index is 3.50. The number of hydrogen-bond donors (Lipinski definition) is 1. The Morgan fingerprint density at radius 3 is 2.71 bits per heavy atom. The predicted molar refractivity (Wildman–Crippen MR) is 79.7 cm³/mol. The molecule has 0 saturated carbocycles. The van der Waals surface area contributed by atoms with E-state index in [9.17, 15) is 0 Å². The molecule has 0 fully saturated rings. The first-order valence-corrected chi connectivity index (χ1v) is 7.83. The summed E-state index contributed by atoms with van der Waals surface area (Å²) in [5.74, 6) is 2.35. The molecule has 1 nitrogen and oxygen atoms in total. The highest BCUT2D eigenvalue weighted by molar-refractivity contribution is 7.98. The molecule has 1 N–H and O–H groups in total. The molecule has 0 radical (unpaired) electrons. The lowest BCUT2D eigenvalue weighted by Gasteiger charge is -2.06. The lowest BCUT2D eigenvalue weighted by atomic mass is 10.1. The van der Waals surface area contributed by atoms with Crippen molar-refractivity contribution < 1.29 is 0 Å². The number of benzene rings is 1. The summed E-state index contributed by atoms with van der Waals surface area (Å²) in [5.41, 5.74) is 2.89. The molecule has 0 saturated heterocycles. The predicted octanol–water partition coefficient (Wildman–Crippen LogP) is 4.01. The van der Waals surface area contributed by atoms with E-state index >= 15 is 0 Å². The van der Waals surface area contributed by atoms with Crippen LogP contribution in [0, 0.1) is 6.92 Å². The molecule has 0 amide bonds. The summed E-state index contributed by atoms with van der Waals surface area (Å²) in [7, 11) is 0. The van der Waals surface area contributed by atoms with E-state index in [1.165, 1.54) is 42.7 Å². The van der Waals surface area contributed by atoms with Gasteiger partial charge < -0.3 is 5.32 Å². The Kier molecular flexibility index (Phi) is 8.20. The van der Waals surface area contributed by atoms with Crippen LogP contribution in [0.15, 0.2) is 24.3 Å². The zero-order valence-electron chi connectivity index (χ0n) is 11.2. The van der Waals surface area contributed by atoms with Crippen LogP contribution in [-0.2, 0) is 5.75 Å². The Hall–Kier alpha value is -0.470. The van der Waals surface area contributed by atoms with Crippen LogP contribution >= 0.6 is 11.8 Å². The van der Waals surface area contributed by atoms with Crippen LogP contribution in [0.5, 0.6) is 0 Å². The SMILES string of the molecule is CCCCCNCCSCc1ccccc1C. The molecule has 17 heavy (non-hydrogen) atoms. The van der Waals surface area contributed by atoms with E-state index < -0.39 is 0 Å². The smallest absolute Gasteiger partial charge is 0.0187 e. The first-order chi connectivity index (χ1) is 8.34. The number of aryl methyl sites for hydroxylation is 1. The molecule has 0 aliphatic rings. The number of unbranched alkanes of at least 4 members (excludes halogenated alkanes) is 2. The molecule has 0 unspecified atom stereocenters. The van der Waals surface area contributed by atoms with Crippen LogP contribution in [0.2, 0.25) is 0 Å². The topological polar surface area (TPSA) is 12.0 Å².